The van der Waals surface area contributed by atoms with Gasteiger partial charge in [-0.2, -0.15) is 0 Å². The van der Waals surface area contributed by atoms with E-state index in [0.29, 0.717) is 0 Å². The Labute approximate surface area is 121 Å². The predicted octanol–water partition coefficient (Wildman–Crippen LogP) is 4.32. The monoisotopic (exact) mass is 323 g/mol. The van der Waals surface area contributed by atoms with Crippen molar-refractivity contribution in [3.05, 3.63) is 56.2 Å². The Morgan fingerprint density at radius 3 is 2.83 bits per heavy atom. The van der Waals surface area contributed by atoms with Crippen molar-refractivity contribution in [2.75, 3.05) is 0 Å². The molecule has 1 atom stereocenters. The third-order valence-electron chi connectivity index (χ3n) is 2.97. The lowest BCUT2D eigenvalue weighted by Gasteiger charge is -2.10. The lowest BCUT2D eigenvalue weighted by molar-refractivity contribution is 0.614. The van der Waals surface area contributed by atoms with Crippen molar-refractivity contribution in [1.82, 2.24) is 0 Å². The van der Waals surface area contributed by atoms with Crippen LogP contribution in [0.3, 0.4) is 0 Å². The van der Waals surface area contributed by atoms with Gasteiger partial charge in [0.1, 0.15) is 0 Å². The van der Waals surface area contributed by atoms with Crippen molar-refractivity contribution in [1.29, 1.82) is 0 Å². The highest BCUT2D eigenvalue weighted by Crippen LogP contribution is 2.21. The maximum absolute atomic E-state index is 6.19. The molecule has 0 saturated heterocycles. The molecule has 0 spiro atoms. The molecule has 0 radical (unpaired) electrons. The first-order chi connectivity index (χ1) is 8.63. The molecule has 0 saturated carbocycles. The smallest absolute Gasteiger partial charge is 0.0285 e. The number of rotatable bonds is 5. The predicted molar refractivity (Wildman–Crippen MR) is 83.2 cm³/mol. The second-order valence-corrected chi connectivity index (χ2v) is 6.63. The van der Waals surface area contributed by atoms with E-state index in [2.05, 4.69) is 58.6 Å². The standard InChI is InChI=1S/C15H18BrNS/c1-11-3-2-4-12(7-11)5-6-14(17)9-15-8-13(16)10-18-15/h2-4,7-8,10,14H,5-6,9,17H2,1H3. The summed E-state index contributed by atoms with van der Waals surface area (Å²) in [5.41, 5.74) is 8.90. The lowest BCUT2D eigenvalue weighted by atomic mass is 10.0. The maximum atomic E-state index is 6.19. The highest BCUT2D eigenvalue weighted by atomic mass is 79.9. The summed E-state index contributed by atoms with van der Waals surface area (Å²) < 4.78 is 1.16. The van der Waals surface area contributed by atoms with Gasteiger partial charge in [0.15, 0.2) is 0 Å². The maximum Gasteiger partial charge on any atom is 0.0285 e. The molecule has 2 rings (SSSR count). The van der Waals surface area contributed by atoms with Crippen LogP contribution < -0.4 is 5.73 Å². The van der Waals surface area contributed by atoms with Crippen LogP contribution in [0.15, 0.2) is 40.2 Å². The summed E-state index contributed by atoms with van der Waals surface area (Å²) in [6.07, 6.45) is 3.08. The SMILES string of the molecule is Cc1cccc(CCC(N)Cc2cc(Br)cs2)c1. The summed E-state index contributed by atoms with van der Waals surface area (Å²) in [6, 6.07) is 11.1. The van der Waals surface area contributed by atoms with Gasteiger partial charge in [-0.3, -0.25) is 0 Å². The molecule has 3 heteroatoms. The molecule has 1 unspecified atom stereocenters. The van der Waals surface area contributed by atoms with Crippen molar-refractivity contribution in [2.45, 2.75) is 32.2 Å². The fourth-order valence-electron chi connectivity index (χ4n) is 2.04. The number of hydrogen-bond donors (Lipinski definition) is 1. The number of benzene rings is 1. The highest BCUT2D eigenvalue weighted by molar-refractivity contribution is 9.10. The molecule has 18 heavy (non-hydrogen) atoms. The summed E-state index contributed by atoms with van der Waals surface area (Å²) in [6.45, 7) is 2.13. The number of aryl methyl sites for hydroxylation is 2. The fraction of sp³-hybridized carbons (Fsp3) is 0.333. The highest BCUT2D eigenvalue weighted by Gasteiger charge is 2.06. The summed E-state index contributed by atoms with van der Waals surface area (Å²) >= 11 is 5.25. The Balaban J connectivity index is 1.83. The molecule has 2 aromatic rings. The molecule has 0 aliphatic heterocycles. The molecule has 96 valence electrons. The van der Waals surface area contributed by atoms with Gasteiger partial charge in [0.25, 0.3) is 0 Å². The zero-order valence-electron chi connectivity index (χ0n) is 10.5. The van der Waals surface area contributed by atoms with Gasteiger partial charge in [0, 0.05) is 20.8 Å². The Bertz CT molecular complexity index is 507. The first kappa shape index (κ1) is 13.8. The minimum atomic E-state index is 0.246. The van der Waals surface area contributed by atoms with E-state index in [0.717, 1.165) is 23.7 Å². The summed E-state index contributed by atoms with van der Waals surface area (Å²) in [5, 5.41) is 2.11. The summed E-state index contributed by atoms with van der Waals surface area (Å²) in [5.74, 6) is 0. The van der Waals surface area contributed by atoms with Crippen LogP contribution in [0.5, 0.6) is 0 Å². The van der Waals surface area contributed by atoms with E-state index in [1.54, 1.807) is 11.3 Å². The zero-order valence-corrected chi connectivity index (χ0v) is 12.9. The van der Waals surface area contributed by atoms with Gasteiger partial charge < -0.3 is 5.73 Å². The molecule has 0 aliphatic rings. The second kappa shape index (κ2) is 6.50. The zero-order chi connectivity index (χ0) is 13.0. The second-order valence-electron chi connectivity index (χ2n) is 4.72. The van der Waals surface area contributed by atoms with E-state index < -0.39 is 0 Å². The van der Waals surface area contributed by atoms with Crippen LogP contribution in [-0.4, -0.2) is 6.04 Å². The van der Waals surface area contributed by atoms with Crippen LogP contribution in [-0.2, 0) is 12.8 Å². The topological polar surface area (TPSA) is 26.0 Å². The third kappa shape index (κ3) is 4.23. The fourth-order valence-corrected chi connectivity index (χ4v) is 3.59. The largest absolute Gasteiger partial charge is 0.327 e. The molecular formula is C15H18BrNS. The van der Waals surface area contributed by atoms with Crippen LogP contribution in [0.2, 0.25) is 0 Å². The summed E-state index contributed by atoms with van der Waals surface area (Å²) in [7, 11) is 0. The van der Waals surface area contributed by atoms with Gasteiger partial charge in [-0.05, 0) is 53.7 Å². The van der Waals surface area contributed by atoms with Crippen molar-refractivity contribution < 1.29 is 0 Å². The van der Waals surface area contributed by atoms with E-state index in [1.807, 2.05) is 0 Å². The van der Waals surface area contributed by atoms with Crippen LogP contribution in [0.4, 0.5) is 0 Å². The van der Waals surface area contributed by atoms with Gasteiger partial charge in [-0.25, -0.2) is 0 Å². The first-order valence-electron chi connectivity index (χ1n) is 6.17. The minimum absolute atomic E-state index is 0.246. The molecule has 0 aliphatic carbocycles. The average Bonchev–Trinajstić information content (AvgIpc) is 2.72. The molecule has 1 aromatic heterocycles. The molecule has 0 fully saturated rings. The lowest BCUT2D eigenvalue weighted by Crippen LogP contribution is -2.23. The van der Waals surface area contributed by atoms with Gasteiger partial charge in [0.2, 0.25) is 0 Å². The Hall–Kier alpha value is -0.640. The van der Waals surface area contributed by atoms with Crippen LogP contribution >= 0.6 is 27.3 Å². The van der Waals surface area contributed by atoms with Gasteiger partial charge >= 0.3 is 0 Å². The molecule has 1 heterocycles. The molecule has 1 nitrogen and oxygen atoms in total. The van der Waals surface area contributed by atoms with E-state index in [-0.39, 0.29) is 6.04 Å². The van der Waals surface area contributed by atoms with Crippen LogP contribution in [0, 0.1) is 6.92 Å². The van der Waals surface area contributed by atoms with Crippen molar-refractivity contribution in [3.63, 3.8) is 0 Å². The van der Waals surface area contributed by atoms with Crippen LogP contribution in [0.25, 0.3) is 0 Å². The van der Waals surface area contributed by atoms with E-state index >= 15 is 0 Å². The molecular weight excluding hydrogens is 306 g/mol. The molecule has 1 aromatic carbocycles. The van der Waals surface area contributed by atoms with Crippen LogP contribution in [0.1, 0.15) is 22.4 Å². The Morgan fingerprint density at radius 1 is 1.33 bits per heavy atom. The Morgan fingerprint density at radius 2 is 2.17 bits per heavy atom. The minimum Gasteiger partial charge on any atom is -0.327 e. The number of nitrogens with two attached hydrogens (primary N) is 1. The third-order valence-corrected chi connectivity index (χ3v) is 4.69. The molecule has 2 N–H and O–H groups in total. The van der Waals surface area contributed by atoms with E-state index in [1.165, 1.54) is 16.0 Å². The number of hydrogen-bond acceptors (Lipinski definition) is 2. The normalized spacial score (nSPS) is 12.6. The van der Waals surface area contributed by atoms with Gasteiger partial charge in [-0.1, -0.05) is 29.8 Å². The van der Waals surface area contributed by atoms with E-state index in [4.69, 9.17) is 5.73 Å². The first-order valence-corrected chi connectivity index (χ1v) is 7.85. The molecule has 0 bridgehead atoms. The van der Waals surface area contributed by atoms with E-state index in [9.17, 15) is 0 Å². The van der Waals surface area contributed by atoms with Gasteiger partial charge in [0.05, 0.1) is 0 Å². The summed E-state index contributed by atoms with van der Waals surface area (Å²) in [4.78, 5) is 1.36. The Kier molecular flexibility index (Phi) is 4.98. The van der Waals surface area contributed by atoms with Gasteiger partial charge in [-0.15, -0.1) is 11.3 Å². The van der Waals surface area contributed by atoms with Crippen molar-refractivity contribution >= 4 is 27.3 Å². The average molecular weight is 324 g/mol. The number of halogens is 1. The van der Waals surface area contributed by atoms with Crippen molar-refractivity contribution in [3.8, 4) is 0 Å². The number of thiophene rings is 1. The molecule has 0 amide bonds. The van der Waals surface area contributed by atoms with Crippen molar-refractivity contribution in [2.24, 2.45) is 5.73 Å². The quantitative estimate of drug-likeness (QED) is 0.871.